The second kappa shape index (κ2) is 8.66. The van der Waals surface area contributed by atoms with Crippen molar-refractivity contribution in [2.75, 3.05) is 0 Å². The van der Waals surface area contributed by atoms with Crippen molar-refractivity contribution in [1.29, 1.82) is 0 Å². The van der Waals surface area contributed by atoms with Crippen molar-refractivity contribution >= 4 is 40.7 Å². The zero-order valence-corrected chi connectivity index (χ0v) is 21.2. The van der Waals surface area contributed by atoms with Gasteiger partial charge in [-0.15, -0.1) is 0 Å². The highest BCUT2D eigenvalue weighted by Crippen LogP contribution is 2.60. The van der Waals surface area contributed by atoms with E-state index in [0.717, 1.165) is 6.42 Å². The van der Waals surface area contributed by atoms with Crippen LogP contribution in [0.4, 0.5) is 0 Å². The predicted octanol–water partition coefficient (Wildman–Crippen LogP) is 4.86. The average molecular weight is 495 g/mol. The summed E-state index contributed by atoms with van der Waals surface area (Å²) in [7, 11) is 0. The van der Waals surface area contributed by atoms with Gasteiger partial charge in [-0.3, -0.25) is 14.4 Å². The van der Waals surface area contributed by atoms with Crippen LogP contribution in [0.25, 0.3) is 0 Å². The van der Waals surface area contributed by atoms with Gasteiger partial charge in [0.1, 0.15) is 12.0 Å². The lowest BCUT2D eigenvalue weighted by molar-refractivity contribution is -0.154. The number of allylic oxidation sites excluding steroid dienone is 5. The molecule has 0 amide bonds. The Morgan fingerprint density at radius 1 is 0.939 bits per heavy atom. The molecule has 180 valence electrons. The largest absolute Gasteiger partial charge is 0.458 e. The molecule has 2 aliphatic heterocycles. The molecule has 5 nitrogen and oxygen atoms in total. The molecule has 2 fully saturated rings. The average Bonchev–Trinajstić information content (AvgIpc) is 3.45. The van der Waals surface area contributed by atoms with Crippen LogP contribution in [0.2, 0.25) is 0 Å². The van der Waals surface area contributed by atoms with Gasteiger partial charge < -0.3 is 9.47 Å². The van der Waals surface area contributed by atoms with Crippen LogP contribution in [-0.2, 0) is 23.9 Å². The molecular weight excluding hydrogens is 463 g/mol. The molecule has 2 heterocycles. The van der Waals surface area contributed by atoms with Crippen LogP contribution in [0.1, 0.15) is 41.0 Å². The van der Waals surface area contributed by atoms with Crippen molar-refractivity contribution in [3.63, 3.8) is 0 Å². The number of esters is 1. The van der Waals surface area contributed by atoms with Crippen LogP contribution < -0.4 is 0 Å². The number of epoxide rings is 1. The van der Waals surface area contributed by atoms with Gasteiger partial charge in [0.25, 0.3) is 0 Å². The van der Waals surface area contributed by atoms with Crippen LogP contribution in [0.3, 0.4) is 0 Å². The van der Waals surface area contributed by atoms with Crippen LogP contribution in [0.15, 0.2) is 36.5 Å². The fourth-order valence-corrected chi connectivity index (χ4v) is 6.77. The van der Waals surface area contributed by atoms with Crippen molar-refractivity contribution in [3.05, 3.63) is 36.5 Å². The summed E-state index contributed by atoms with van der Waals surface area (Å²) in [6.07, 6.45) is 12.1. The molecule has 7 heteroatoms. The first-order valence-electron chi connectivity index (χ1n) is 11.8. The van der Waals surface area contributed by atoms with Crippen LogP contribution in [-0.4, -0.2) is 39.7 Å². The Morgan fingerprint density at radius 2 is 1.61 bits per heavy atom. The van der Waals surface area contributed by atoms with Crippen LogP contribution in [0, 0.1) is 41.4 Å². The topological polar surface area (TPSA) is 73.0 Å². The molecular formula is C26H32Cl2O5. The van der Waals surface area contributed by atoms with E-state index < -0.39 is 39.8 Å². The number of Topliss-reactive ketones (excluding diaryl/α,β-unsaturated/α-hetero) is 2. The van der Waals surface area contributed by atoms with E-state index in [9.17, 15) is 14.4 Å². The summed E-state index contributed by atoms with van der Waals surface area (Å²) in [4.78, 5) is 39.8. The van der Waals surface area contributed by atoms with Gasteiger partial charge in [0.05, 0.1) is 11.7 Å². The number of hydrogen-bond donors (Lipinski definition) is 0. The third-order valence-corrected chi connectivity index (χ3v) is 8.80. The summed E-state index contributed by atoms with van der Waals surface area (Å²) in [5, 5.41) is 0. The second-order valence-corrected chi connectivity index (χ2v) is 11.8. The van der Waals surface area contributed by atoms with Crippen LogP contribution >= 0.6 is 23.2 Å². The van der Waals surface area contributed by atoms with Crippen LogP contribution in [0.5, 0.6) is 0 Å². The van der Waals surface area contributed by atoms with Gasteiger partial charge in [0.2, 0.25) is 4.33 Å². The second-order valence-electron chi connectivity index (χ2n) is 10.4. The lowest BCUT2D eigenvalue weighted by Crippen LogP contribution is -2.54. The van der Waals surface area contributed by atoms with Gasteiger partial charge in [-0.1, -0.05) is 67.4 Å². The Balaban J connectivity index is 1.78. The minimum absolute atomic E-state index is 0.00103. The molecule has 10 atom stereocenters. The number of cyclic esters (lactones) is 1. The molecule has 0 radical (unpaired) electrons. The minimum atomic E-state index is -2.34. The maximum absolute atomic E-state index is 14.0. The van der Waals surface area contributed by atoms with Gasteiger partial charge in [-0.05, 0) is 62.9 Å². The number of hydrogen-bond acceptors (Lipinski definition) is 5. The number of halogens is 2. The fourth-order valence-electron chi connectivity index (χ4n) is 6.19. The predicted molar refractivity (Wildman–Crippen MR) is 127 cm³/mol. The summed E-state index contributed by atoms with van der Waals surface area (Å²) in [6.45, 7) is 9.36. The monoisotopic (exact) mass is 494 g/mol. The van der Waals surface area contributed by atoms with E-state index >= 15 is 0 Å². The van der Waals surface area contributed by atoms with Crippen molar-refractivity contribution in [1.82, 2.24) is 0 Å². The molecule has 33 heavy (non-hydrogen) atoms. The first kappa shape index (κ1) is 24.7. The highest BCUT2D eigenvalue weighted by molar-refractivity contribution is 6.68. The van der Waals surface area contributed by atoms with Gasteiger partial charge in [-0.2, -0.15) is 0 Å². The molecule has 0 aromatic carbocycles. The van der Waals surface area contributed by atoms with Gasteiger partial charge in [0, 0.05) is 5.92 Å². The van der Waals surface area contributed by atoms with Crippen molar-refractivity contribution in [3.8, 4) is 0 Å². The van der Waals surface area contributed by atoms with Gasteiger partial charge in [0.15, 0.2) is 11.6 Å². The number of fused-ring (bicyclic) bond motifs is 4. The van der Waals surface area contributed by atoms with E-state index in [4.69, 9.17) is 32.7 Å². The summed E-state index contributed by atoms with van der Waals surface area (Å²) < 4.78 is 9.03. The number of rotatable bonds is 0. The quantitative estimate of drug-likeness (QED) is 0.158. The fraction of sp³-hybridized carbons (Fsp3) is 0.654. The number of ketones is 2. The Hall–Kier alpha value is -1.43. The van der Waals surface area contributed by atoms with Gasteiger partial charge >= 0.3 is 5.97 Å². The standard InChI is InChI=1S/C26H32Cl2O5/c1-13-8-6-7-9-14(2)32-24(31)16(4)21(29)26(27,28)22(30)20-18(13)11-10-17-12-25(5)23(33-25)15(3)19(17)20/h6-11,13-20,23H,12H2,1-5H3/b8-6-,9-7+/t13-,14?,15?,16+,17?,18?,19?,20?,23?,25?/m1/s1. The molecule has 1 saturated carbocycles. The number of carbonyl (C=O) groups is 3. The summed E-state index contributed by atoms with van der Waals surface area (Å²) in [5.41, 5.74) is -0.164. The Bertz CT molecular complexity index is 937. The van der Waals surface area contributed by atoms with Crippen molar-refractivity contribution in [2.24, 2.45) is 41.4 Å². The Morgan fingerprint density at radius 3 is 2.30 bits per heavy atom. The molecule has 4 aliphatic rings. The molecule has 4 rings (SSSR count). The third-order valence-electron chi connectivity index (χ3n) is 8.06. The Kier molecular flexibility index (Phi) is 6.48. The van der Waals surface area contributed by atoms with Crippen molar-refractivity contribution in [2.45, 2.75) is 63.2 Å². The molecule has 0 aromatic heterocycles. The molecule has 0 spiro atoms. The Labute approximate surface area is 205 Å². The van der Waals surface area contributed by atoms with E-state index in [1.165, 1.54) is 6.92 Å². The van der Waals surface area contributed by atoms with E-state index in [0.29, 0.717) is 0 Å². The highest BCUT2D eigenvalue weighted by Gasteiger charge is 2.65. The first-order chi connectivity index (χ1) is 15.4. The van der Waals surface area contributed by atoms with Crippen molar-refractivity contribution < 1.29 is 23.9 Å². The van der Waals surface area contributed by atoms with E-state index in [2.05, 4.69) is 32.9 Å². The minimum Gasteiger partial charge on any atom is -0.458 e. The lowest BCUT2D eigenvalue weighted by atomic mass is 9.56. The summed E-state index contributed by atoms with van der Waals surface area (Å²) in [5.74, 6) is -3.95. The normalized spacial score (nSPS) is 49.1. The number of carbonyl (C=O) groups excluding carboxylic acids is 3. The smallest absolute Gasteiger partial charge is 0.316 e. The summed E-state index contributed by atoms with van der Waals surface area (Å²) in [6, 6.07) is 0. The molecule has 8 unspecified atom stereocenters. The number of alkyl halides is 2. The molecule has 2 aliphatic carbocycles. The van der Waals surface area contributed by atoms with Gasteiger partial charge in [-0.25, -0.2) is 0 Å². The van der Waals surface area contributed by atoms with E-state index in [1.807, 2.05) is 18.2 Å². The zero-order valence-electron chi connectivity index (χ0n) is 19.7. The molecule has 0 aromatic rings. The first-order valence-corrected chi connectivity index (χ1v) is 12.5. The van der Waals surface area contributed by atoms with E-state index in [1.54, 1.807) is 13.0 Å². The molecule has 0 N–H and O–H groups in total. The lowest BCUT2D eigenvalue weighted by Gasteiger charge is -2.47. The number of ether oxygens (including phenoxy) is 2. The molecule has 1 saturated heterocycles. The highest BCUT2D eigenvalue weighted by atomic mass is 35.5. The maximum Gasteiger partial charge on any atom is 0.316 e. The van der Waals surface area contributed by atoms with E-state index in [-0.39, 0.29) is 41.3 Å². The summed E-state index contributed by atoms with van der Waals surface area (Å²) >= 11 is 13.1. The molecule has 0 bridgehead atoms. The zero-order chi connectivity index (χ0) is 24.3. The maximum atomic E-state index is 14.0. The third kappa shape index (κ3) is 4.26. The SMILES string of the molecule is CC1/C=C/C=C\[C@@H](C)C2C=CC3CC4(C)OC4C(C)C3C2C(=O)C(Cl)(Cl)C(=O)[C@H](C)C(=O)O1.